The Morgan fingerprint density at radius 3 is 2.86 bits per heavy atom. The summed E-state index contributed by atoms with van der Waals surface area (Å²) in [5.74, 6) is 3.08. The Morgan fingerprint density at radius 1 is 1.18 bits per heavy atom. The number of oxazole rings is 1. The Kier molecular flexibility index (Phi) is 5.55. The number of ether oxygens (including phenoxy) is 2. The maximum Gasteiger partial charge on any atom is 0.209 e. The highest BCUT2D eigenvalue weighted by atomic mass is 35.5. The molecule has 0 aliphatic carbocycles. The largest absolute Gasteiger partial charge is 0.497 e. The first-order chi connectivity index (χ1) is 13.7. The van der Waals surface area contributed by atoms with Crippen molar-refractivity contribution in [2.45, 2.75) is 25.4 Å². The first kappa shape index (κ1) is 18.8. The zero-order chi connectivity index (χ0) is 19.5. The Hall–Kier alpha value is -2.50. The van der Waals surface area contributed by atoms with Crippen LogP contribution in [-0.2, 0) is 6.54 Å². The number of halogens is 1. The van der Waals surface area contributed by atoms with Crippen LogP contribution in [0.1, 0.15) is 30.3 Å². The number of hydrogen-bond donors (Lipinski definition) is 0. The van der Waals surface area contributed by atoms with Gasteiger partial charge in [0.05, 0.1) is 27.0 Å². The van der Waals surface area contributed by atoms with Crippen LogP contribution >= 0.6 is 11.6 Å². The molecule has 0 amide bonds. The molecule has 2 aromatic carbocycles. The number of rotatable bonds is 6. The third-order valence-electron chi connectivity index (χ3n) is 5.16. The minimum absolute atomic E-state index is 0.266. The lowest BCUT2D eigenvalue weighted by Crippen LogP contribution is -2.23. The molecule has 28 heavy (non-hydrogen) atoms. The monoisotopic (exact) mass is 398 g/mol. The summed E-state index contributed by atoms with van der Waals surface area (Å²) in [6.45, 7) is 1.65. The molecule has 5 nitrogen and oxygen atoms in total. The highest BCUT2D eigenvalue weighted by molar-refractivity contribution is 6.30. The molecular weight excluding hydrogens is 376 g/mol. The summed E-state index contributed by atoms with van der Waals surface area (Å²) in [7, 11) is 3.36. The molecular formula is C22H23ClN2O3. The van der Waals surface area contributed by atoms with Crippen LogP contribution in [0, 0.1) is 0 Å². The third-order valence-corrected chi connectivity index (χ3v) is 5.40. The van der Waals surface area contributed by atoms with Crippen molar-refractivity contribution in [2.75, 3.05) is 20.8 Å². The van der Waals surface area contributed by atoms with Gasteiger partial charge in [0.25, 0.3) is 0 Å². The summed E-state index contributed by atoms with van der Waals surface area (Å²) in [5, 5.41) is 0.682. The van der Waals surface area contributed by atoms with Gasteiger partial charge in [-0.25, -0.2) is 4.98 Å². The SMILES string of the molecule is COc1ccc([C@H]2CCCN2Cc2ncc(-c3cccc(Cl)c3)o2)c(OC)c1. The van der Waals surface area contributed by atoms with Crippen molar-refractivity contribution in [1.82, 2.24) is 9.88 Å². The van der Waals surface area contributed by atoms with E-state index in [4.69, 9.17) is 25.5 Å². The van der Waals surface area contributed by atoms with Crippen molar-refractivity contribution < 1.29 is 13.9 Å². The van der Waals surface area contributed by atoms with Crippen LogP contribution in [0.4, 0.5) is 0 Å². The van der Waals surface area contributed by atoms with Crippen molar-refractivity contribution in [2.24, 2.45) is 0 Å². The van der Waals surface area contributed by atoms with E-state index in [1.165, 1.54) is 5.56 Å². The fourth-order valence-corrected chi connectivity index (χ4v) is 3.98. The second kappa shape index (κ2) is 8.25. The van der Waals surface area contributed by atoms with Crippen LogP contribution in [-0.4, -0.2) is 30.6 Å². The first-order valence-electron chi connectivity index (χ1n) is 9.34. The number of nitrogens with zero attached hydrogens (tertiary/aromatic N) is 2. The molecule has 0 bridgehead atoms. The number of aromatic nitrogens is 1. The van der Waals surface area contributed by atoms with Gasteiger partial charge in [-0.1, -0.05) is 29.8 Å². The fourth-order valence-electron chi connectivity index (χ4n) is 3.79. The van der Waals surface area contributed by atoms with Gasteiger partial charge in [-0.05, 0) is 37.6 Å². The number of likely N-dealkylation sites (tertiary alicyclic amines) is 1. The highest BCUT2D eigenvalue weighted by Crippen LogP contribution is 2.39. The Morgan fingerprint density at radius 2 is 2.07 bits per heavy atom. The van der Waals surface area contributed by atoms with Crippen molar-refractivity contribution in [3.63, 3.8) is 0 Å². The van der Waals surface area contributed by atoms with Gasteiger partial charge in [-0.2, -0.15) is 0 Å². The van der Waals surface area contributed by atoms with Gasteiger partial charge >= 0.3 is 0 Å². The lowest BCUT2D eigenvalue weighted by molar-refractivity contribution is 0.220. The minimum Gasteiger partial charge on any atom is -0.497 e. The number of hydrogen-bond acceptors (Lipinski definition) is 5. The topological polar surface area (TPSA) is 47.7 Å². The summed E-state index contributed by atoms with van der Waals surface area (Å²) in [4.78, 5) is 6.87. The predicted molar refractivity (Wildman–Crippen MR) is 109 cm³/mol. The maximum absolute atomic E-state index is 6.09. The molecule has 1 saturated heterocycles. The molecule has 2 heterocycles. The average Bonchev–Trinajstić information content (AvgIpc) is 3.37. The van der Waals surface area contributed by atoms with Crippen LogP contribution in [0.15, 0.2) is 53.1 Å². The van der Waals surface area contributed by atoms with Gasteiger partial charge in [0, 0.05) is 28.3 Å². The van der Waals surface area contributed by atoms with E-state index in [-0.39, 0.29) is 6.04 Å². The van der Waals surface area contributed by atoms with Gasteiger partial charge in [-0.3, -0.25) is 4.90 Å². The summed E-state index contributed by atoms with van der Waals surface area (Å²) in [6.07, 6.45) is 3.96. The minimum atomic E-state index is 0.266. The molecule has 3 aromatic rings. The lowest BCUT2D eigenvalue weighted by atomic mass is 10.0. The third kappa shape index (κ3) is 3.86. The zero-order valence-corrected chi connectivity index (χ0v) is 16.8. The van der Waals surface area contributed by atoms with Crippen LogP contribution in [0.5, 0.6) is 11.5 Å². The van der Waals surface area contributed by atoms with Crippen LogP contribution in [0.2, 0.25) is 5.02 Å². The van der Waals surface area contributed by atoms with Crippen LogP contribution < -0.4 is 9.47 Å². The van der Waals surface area contributed by atoms with Crippen molar-refractivity contribution in [3.8, 4) is 22.8 Å². The molecule has 0 N–H and O–H groups in total. The molecule has 6 heteroatoms. The standard InChI is InChI=1S/C22H23ClN2O3/c1-26-17-8-9-18(20(12-17)27-2)19-7-4-10-25(19)14-22-24-13-21(28-22)15-5-3-6-16(23)11-15/h3,5-6,8-9,11-13,19H,4,7,10,14H2,1-2H3/t19-/m1/s1. The predicted octanol–water partition coefficient (Wildman–Crippen LogP) is 5.35. The van der Waals surface area contributed by atoms with Gasteiger partial charge < -0.3 is 13.9 Å². The molecule has 0 radical (unpaired) electrons. The summed E-state index contributed by atoms with van der Waals surface area (Å²) in [5.41, 5.74) is 2.10. The molecule has 0 saturated carbocycles. The van der Waals surface area contributed by atoms with E-state index in [9.17, 15) is 0 Å². The second-order valence-corrected chi connectivity index (χ2v) is 7.30. The van der Waals surface area contributed by atoms with E-state index in [0.29, 0.717) is 17.5 Å². The van der Waals surface area contributed by atoms with Gasteiger partial charge in [0.15, 0.2) is 5.76 Å². The zero-order valence-electron chi connectivity index (χ0n) is 16.0. The molecule has 4 rings (SSSR count). The molecule has 1 fully saturated rings. The molecule has 1 aliphatic heterocycles. The summed E-state index contributed by atoms with van der Waals surface area (Å²) in [6, 6.07) is 13.9. The van der Waals surface area contributed by atoms with E-state index >= 15 is 0 Å². The fraction of sp³-hybridized carbons (Fsp3) is 0.318. The van der Waals surface area contributed by atoms with Gasteiger partial charge in [-0.15, -0.1) is 0 Å². The van der Waals surface area contributed by atoms with Crippen LogP contribution in [0.25, 0.3) is 11.3 Å². The molecule has 146 valence electrons. The van der Waals surface area contributed by atoms with E-state index < -0.39 is 0 Å². The molecule has 1 aromatic heterocycles. The second-order valence-electron chi connectivity index (χ2n) is 6.86. The Labute approximate surface area is 169 Å². The average molecular weight is 399 g/mol. The lowest BCUT2D eigenvalue weighted by Gasteiger charge is -2.25. The van der Waals surface area contributed by atoms with E-state index in [1.807, 2.05) is 36.4 Å². The molecule has 1 aliphatic rings. The smallest absolute Gasteiger partial charge is 0.209 e. The molecule has 1 atom stereocenters. The first-order valence-corrected chi connectivity index (χ1v) is 9.72. The quantitative estimate of drug-likeness (QED) is 0.560. The number of methoxy groups -OCH3 is 2. The summed E-state index contributed by atoms with van der Waals surface area (Å²) < 4.78 is 16.9. The number of benzene rings is 2. The summed E-state index contributed by atoms with van der Waals surface area (Å²) >= 11 is 6.09. The van der Waals surface area contributed by atoms with E-state index in [2.05, 4.69) is 16.0 Å². The Bertz CT molecular complexity index is 956. The Balaban J connectivity index is 1.54. The van der Waals surface area contributed by atoms with Gasteiger partial charge in [0.1, 0.15) is 11.5 Å². The molecule has 0 unspecified atom stereocenters. The normalized spacial score (nSPS) is 17.0. The van der Waals surface area contributed by atoms with Crippen molar-refractivity contribution in [1.29, 1.82) is 0 Å². The maximum atomic E-state index is 6.09. The molecule has 0 spiro atoms. The van der Waals surface area contributed by atoms with E-state index in [1.54, 1.807) is 20.4 Å². The van der Waals surface area contributed by atoms with Crippen molar-refractivity contribution in [3.05, 3.63) is 65.1 Å². The van der Waals surface area contributed by atoms with E-state index in [0.717, 1.165) is 42.2 Å². The van der Waals surface area contributed by atoms with Crippen molar-refractivity contribution >= 4 is 11.6 Å². The van der Waals surface area contributed by atoms with Crippen LogP contribution in [0.3, 0.4) is 0 Å². The highest BCUT2D eigenvalue weighted by Gasteiger charge is 2.29. The van der Waals surface area contributed by atoms with Gasteiger partial charge in [0.2, 0.25) is 5.89 Å².